The molecule has 0 saturated heterocycles. The van der Waals surface area contributed by atoms with Gasteiger partial charge in [-0.25, -0.2) is 4.39 Å². The topological polar surface area (TPSA) is 46.2 Å². The van der Waals surface area contributed by atoms with E-state index in [1.165, 1.54) is 26.0 Å². The van der Waals surface area contributed by atoms with Crippen LogP contribution in [0.15, 0.2) is 24.3 Å². The average molecular weight is 249 g/mol. The summed E-state index contributed by atoms with van der Waals surface area (Å²) in [5, 5.41) is 2.67. The summed E-state index contributed by atoms with van der Waals surface area (Å²) < 4.78 is 13.3. The molecule has 18 heavy (non-hydrogen) atoms. The molecule has 1 aromatic rings. The molecule has 0 aliphatic rings. The second-order valence-corrected chi connectivity index (χ2v) is 3.97. The van der Waals surface area contributed by atoms with Gasteiger partial charge in [0.2, 0.25) is 5.91 Å². The van der Waals surface area contributed by atoms with Gasteiger partial charge in [0, 0.05) is 13.5 Å². The van der Waals surface area contributed by atoms with E-state index in [0.29, 0.717) is 13.0 Å². The quantitative estimate of drug-likeness (QED) is 0.644. The highest BCUT2D eigenvalue weighted by Crippen LogP contribution is 2.12. The number of Topliss-reactive ketones (excluding diaryl/α,β-unsaturated/α-hetero) is 1. The molecule has 4 heteroatoms. The maximum absolute atomic E-state index is 13.3. The summed E-state index contributed by atoms with van der Waals surface area (Å²) in [6.45, 7) is 3.36. The van der Waals surface area contributed by atoms with Crippen molar-refractivity contribution in [1.29, 1.82) is 0 Å². The van der Waals surface area contributed by atoms with E-state index in [2.05, 4.69) is 5.32 Å². The van der Waals surface area contributed by atoms with Crippen molar-refractivity contribution >= 4 is 17.8 Å². The van der Waals surface area contributed by atoms with E-state index in [0.717, 1.165) is 5.56 Å². The first-order valence-electron chi connectivity index (χ1n) is 5.72. The van der Waals surface area contributed by atoms with Crippen molar-refractivity contribution in [2.24, 2.45) is 0 Å². The van der Waals surface area contributed by atoms with Crippen LogP contribution in [-0.4, -0.2) is 18.2 Å². The first-order valence-corrected chi connectivity index (χ1v) is 5.72. The molecule has 1 rings (SSSR count). The van der Waals surface area contributed by atoms with E-state index in [1.54, 1.807) is 12.1 Å². The van der Waals surface area contributed by atoms with E-state index in [1.807, 2.05) is 6.08 Å². The zero-order valence-corrected chi connectivity index (χ0v) is 10.5. The Labute approximate surface area is 106 Å². The number of carbonyl (C=O) groups excluding carboxylic acids is 2. The summed E-state index contributed by atoms with van der Waals surface area (Å²) in [4.78, 5) is 21.8. The molecule has 0 unspecified atom stereocenters. The molecule has 0 heterocycles. The summed E-state index contributed by atoms with van der Waals surface area (Å²) in [5.74, 6) is -0.858. The highest BCUT2D eigenvalue weighted by molar-refractivity contribution is 5.94. The number of carbonyl (C=O) groups is 2. The van der Waals surface area contributed by atoms with Crippen molar-refractivity contribution in [2.75, 3.05) is 6.54 Å². The zero-order chi connectivity index (χ0) is 13.5. The number of hydrogen-bond donors (Lipinski definition) is 1. The van der Waals surface area contributed by atoms with Crippen LogP contribution in [0.5, 0.6) is 0 Å². The predicted molar refractivity (Wildman–Crippen MR) is 68.7 cm³/mol. The Kier molecular flexibility index (Phi) is 5.24. The molecule has 1 aromatic carbocycles. The first kappa shape index (κ1) is 14.1. The third-order valence-corrected chi connectivity index (χ3v) is 2.36. The van der Waals surface area contributed by atoms with Crippen LogP contribution < -0.4 is 5.32 Å². The fourth-order valence-electron chi connectivity index (χ4n) is 1.47. The van der Waals surface area contributed by atoms with Gasteiger partial charge in [-0.3, -0.25) is 9.59 Å². The van der Waals surface area contributed by atoms with Gasteiger partial charge in [-0.1, -0.05) is 18.2 Å². The number of nitrogens with one attached hydrogen (secondary N) is 1. The molecule has 1 amide bonds. The molecular weight excluding hydrogens is 233 g/mol. The van der Waals surface area contributed by atoms with Crippen molar-refractivity contribution in [2.45, 2.75) is 20.3 Å². The minimum atomic E-state index is -0.502. The molecule has 0 aromatic heterocycles. The third-order valence-electron chi connectivity index (χ3n) is 2.36. The van der Waals surface area contributed by atoms with Gasteiger partial charge in [-0.05, 0) is 31.0 Å². The van der Waals surface area contributed by atoms with E-state index in [-0.39, 0.29) is 17.3 Å². The Balaban J connectivity index is 2.62. The van der Waals surface area contributed by atoms with Gasteiger partial charge in [0.25, 0.3) is 0 Å². The van der Waals surface area contributed by atoms with Crippen molar-refractivity contribution in [3.63, 3.8) is 0 Å². The van der Waals surface area contributed by atoms with Crippen LogP contribution in [0.25, 0.3) is 6.08 Å². The standard InChI is InChI=1S/C14H16FNO2/c1-10(17)13-9-12(6-7-14(13)15)5-3-4-8-16-11(2)18/h3,5-7,9H,4,8H2,1-2H3,(H,16,18). The summed E-state index contributed by atoms with van der Waals surface area (Å²) in [5.41, 5.74) is 0.864. The molecular formula is C14H16FNO2. The van der Waals surface area contributed by atoms with Gasteiger partial charge in [-0.15, -0.1) is 0 Å². The molecule has 0 radical (unpaired) electrons. The maximum Gasteiger partial charge on any atom is 0.216 e. The van der Waals surface area contributed by atoms with E-state index in [9.17, 15) is 14.0 Å². The Morgan fingerprint density at radius 1 is 1.33 bits per heavy atom. The van der Waals surface area contributed by atoms with Crippen LogP contribution in [0, 0.1) is 5.82 Å². The minimum absolute atomic E-state index is 0.0657. The first-order chi connectivity index (χ1) is 8.50. The number of halogens is 1. The largest absolute Gasteiger partial charge is 0.356 e. The lowest BCUT2D eigenvalue weighted by Crippen LogP contribution is -2.20. The second kappa shape index (κ2) is 6.69. The van der Waals surface area contributed by atoms with Gasteiger partial charge in [0.1, 0.15) is 5.82 Å². The normalized spacial score (nSPS) is 10.6. The van der Waals surface area contributed by atoms with Crippen LogP contribution in [0.4, 0.5) is 4.39 Å². The molecule has 3 nitrogen and oxygen atoms in total. The van der Waals surface area contributed by atoms with Crippen molar-refractivity contribution < 1.29 is 14.0 Å². The second-order valence-electron chi connectivity index (χ2n) is 3.97. The Hall–Kier alpha value is -1.97. The smallest absolute Gasteiger partial charge is 0.216 e. The molecule has 0 atom stereocenters. The fourth-order valence-corrected chi connectivity index (χ4v) is 1.47. The third kappa shape index (κ3) is 4.49. The number of amides is 1. The molecule has 0 aliphatic carbocycles. The van der Waals surface area contributed by atoms with Crippen LogP contribution in [0.1, 0.15) is 36.2 Å². The highest BCUT2D eigenvalue weighted by atomic mass is 19.1. The minimum Gasteiger partial charge on any atom is -0.356 e. The molecule has 0 saturated carbocycles. The lowest BCUT2D eigenvalue weighted by atomic mass is 10.1. The molecule has 0 fully saturated rings. The summed E-state index contributed by atoms with van der Waals surface area (Å²) >= 11 is 0. The van der Waals surface area contributed by atoms with Crippen LogP contribution >= 0.6 is 0 Å². The number of ketones is 1. The Morgan fingerprint density at radius 2 is 2.06 bits per heavy atom. The van der Waals surface area contributed by atoms with Crippen LogP contribution in [0.2, 0.25) is 0 Å². The van der Waals surface area contributed by atoms with Gasteiger partial charge >= 0.3 is 0 Å². The van der Waals surface area contributed by atoms with Gasteiger partial charge in [-0.2, -0.15) is 0 Å². The molecule has 0 bridgehead atoms. The summed E-state index contributed by atoms with van der Waals surface area (Å²) in [6, 6.07) is 4.41. The van der Waals surface area contributed by atoms with Crippen molar-refractivity contribution in [3.8, 4) is 0 Å². The Morgan fingerprint density at radius 3 is 2.67 bits per heavy atom. The molecule has 96 valence electrons. The lowest BCUT2D eigenvalue weighted by Gasteiger charge is -2.01. The monoisotopic (exact) mass is 249 g/mol. The number of rotatable bonds is 5. The molecule has 1 N–H and O–H groups in total. The number of benzene rings is 1. The fraction of sp³-hybridized carbons (Fsp3) is 0.286. The molecule has 0 aliphatic heterocycles. The van der Waals surface area contributed by atoms with E-state index >= 15 is 0 Å². The lowest BCUT2D eigenvalue weighted by molar-refractivity contribution is -0.118. The Bertz CT molecular complexity index is 481. The van der Waals surface area contributed by atoms with E-state index < -0.39 is 5.82 Å². The molecule has 0 spiro atoms. The van der Waals surface area contributed by atoms with Crippen molar-refractivity contribution in [1.82, 2.24) is 5.32 Å². The van der Waals surface area contributed by atoms with Gasteiger partial charge in [0.15, 0.2) is 5.78 Å². The summed E-state index contributed by atoms with van der Waals surface area (Å²) in [6.07, 6.45) is 4.35. The van der Waals surface area contributed by atoms with Crippen LogP contribution in [-0.2, 0) is 4.79 Å². The zero-order valence-electron chi connectivity index (χ0n) is 10.5. The highest BCUT2D eigenvalue weighted by Gasteiger charge is 2.06. The van der Waals surface area contributed by atoms with Crippen molar-refractivity contribution in [3.05, 3.63) is 41.2 Å². The van der Waals surface area contributed by atoms with E-state index in [4.69, 9.17) is 0 Å². The SMILES string of the molecule is CC(=O)NCCC=Cc1ccc(F)c(C(C)=O)c1. The maximum atomic E-state index is 13.3. The van der Waals surface area contributed by atoms with Crippen LogP contribution in [0.3, 0.4) is 0 Å². The number of hydrogen-bond acceptors (Lipinski definition) is 2. The summed E-state index contributed by atoms with van der Waals surface area (Å²) in [7, 11) is 0. The van der Waals surface area contributed by atoms with Gasteiger partial charge < -0.3 is 5.32 Å². The van der Waals surface area contributed by atoms with Gasteiger partial charge in [0.05, 0.1) is 5.56 Å². The predicted octanol–water partition coefficient (Wildman–Crippen LogP) is 2.57. The average Bonchev–Trinajstić information content (AvgIpc) is 2.30.